The van der Waals surface area contributed by atoms with Crippen LogP contribution in [0.25, 0.3) is 0 Å². The minimum atomic E-state index is -4.10. The summed E-state index contributed by atoms with van der Waals surface area (Å²) in [7, 11) is -4.10. The van der Waals surface area contributed by atoms with Gasteiger partial charge in [0.25, 0.3) is 10.0 Å². The van der Waals surface area contributed by atoms with Crippen LogP contribution in [0.5, 0.6) is 5.75 Å². The number of carbonyl (C=O) groups excluding carboxylic acids is 2. The molecule has 0 saturated heterocycles. The third-order valence-corrected chi connectivity index (χ3v) is 5.22. The van der Waals surface area contributed by atoms with Crippen molar-refractivity contribution in [3.63, 3.8) is 0 Å². The molecular weight excluding hydrogens is 522 g/mol. The highest BCUT2D eigenvalue weighted by Crippen LogP contribution is 2.16. The van der Waals surface area contributed by atoms with Crippen LogP contribution >= 0.6 is 0 Å². The number of hydrogen-bond donors (Lipinski definition) is 5. The lowest BCUT2D eigenvalue weighted by molar-refractivity contribution is -0.139. The summed E-state index contributed by atoms with van der Waals surface area (Å²) in [5.41, 5.74) is -1.35. The van der Waals surface area contributed by atoms with Gasteiger partial charge in [-0.15, -0.1) is 0 Å². The fourth-order valence-electron chi connectivity index (χ4n) is 2.47. The van der Waals surface area contributed by atoms with Crippen LogP contribution in [0.3, 0.4) is 0 Å². The number of carbonyl (C=O) groups is 3. The van der Waals surface area contributed by atoms with Gasteiger partial charge in [0.05, 0.1) is 11.4 Å². The van der Waals surface area contributed by atoms with E-state index >= 15 is 0 Å². The van der Waals surface area contributed by atoms with Crippen LogP contribution < -0.4 is 25.4 Å². The number of rotatable bonds is 11. The second kappa shape index (κ2) is 14.3. The van der Waals surface area contributed by atoms with E-state index in [0.717, 1.165) is 0 Å². The zero-order chi connectivity index (χ0) is 29.0. The Morgan fingerprint density at radius 2 is 1.34 bits per heavy atom. The van der Waals surface area contributed by atoms with E-state index in [1.54, 1.807) is 41.5 Å². The van der Waals surface area contributed by atoms with E-state index in [1.165, 1.54) is 24.3 Å². The quantitative estimate of drug-likeness (QED) is 0.150. The fourth-order valence-corrected chi connectivity index (χ4v) is 3.47. The zero-order valence-corrected chi connectivity index (χ0v) is 23.2. The van der Waals surface area contributed by atoms with Crippen LogP contribution in [0.1, 0.15) is 41.5 Å². The van der Waals surface area contributed by atoms with Crippen molar-refractivity contribution >= 4 is 34.1 Å². The molecule has 0 heterocycles. The first-order chi connectivity index (χ1) is 17.5. The molecule has 0 aromatic heterocycles. The summed E-state index contributed by atoms with van der Waals surface area (Å²) in [5.74, 6) is -1.12. The summed E-state index contributed by atoms with van der Waals surface area (Å²) >= 11 is 0. The number of nitrogens with one attached hydrogen (secondary N) is 4. The van der Waals surface area contributed by atoms with Crippen LogP contribution in [-0.4, -0.2) is 81.6 Å². The normalized spacial score (nSPS) is 12.2. The van der Waals surface area contributed by atoms with Crippen LogP contribution in [0, 0.1) is 0 Å². The molecule has 0 unspecified atom stereocenters. The molecular formula is C23H37N5O9S. The number of carboxylic acid groups (broad SMARTS) is 1. The van der Waals surface area contributed by atoms with Gasteiger partial charge in [0, 0.05) is 19.6 Å². The molecule has 1 rings (SSSR count). The number of amides is 2. The highest BCUT2D eigenvalue weighted by Gasteiger charge is 2.19. The van der Waals surface area contributed by atoms with Crippen LogP contribution in [0.15, 0.2) is 34.2 Å². The molecule has 5 N–H and O–H groups in total. The Morgan fingerprint density at radius 3 is 1.84 bits per heavy atom. The first-order valence-electron chi connectivity index (χ1n) is 11.7. The third-order valence-electron chi connectivity index (χ3n) is 3.86. The Bertz CT molecular complexity index is 1080. The minimum Gasteiger partial charge on any atom is -0.482 e. The number of sulfonamides is 1. The molecule has 14 nitrogen and oxygen atoms in total. The third kappa shape index (κ3) is 14.7. The van der Waals surface area contributed by atoms with Crippen LogP contribution in [0.4, 0.5) is 9.59 Å². The second-order valence-corrected chi connectivity index (χ2v) is 11.5. The number of aliphatic imine (C=N–C) groups is 1. The monoisotopic (exact) mass is 559 g/mol. The van der Waals surface area contributed by atoms with Gasteiger partial charge in [-0.3, -0.25) is 4.99 Å². The molecule has 0 bridgehead atoms. The predicted octanol–water partition coefficient (Wildman–Crippen LogP) is 1.42. The van der Waals surface area contributed by atoms with Crippen molar-refractivity contribution in [2.75, 3.05) is 32.8 Å². The van der Waals surface area contributed by atoms with Gasteiger partial charge < -0.3 is 35.3 Å². The molecule has 15 heteroatoms. The number of carboxylic acids is 1. The highest BCUT2D eigenvalue weighted by molar-refractivity contribution is 7.90. The van der Waals surface area contributed by atoms with E-state index in [9.17, 15) is 22.8 Å². The van der Waals surface area contributed by atoms with Gasteiger partial charge in [0.2, 0.25) is 5.96 Å². The summed E-state index contributed by atoms with van der Waals surface area (Å²) in [6.07, 6.45) is -1.28. The van der Waals surface area contributed by atoms with Crippen LogP contribution in [-0.2, 0) is 24.3 Å². The topological polar surface area (TPSA) is 194 Å². The molecule has 0 spiro atoms. The molecule has 38 heavy (non-hydrogen) atoms. The molecule has 0 aliphatic heterocycles. The number of benzene rings is 1. The lowest BCUT2D eigenvalue weighted by atomic mass is 10.2. The minimum absolute atomic E-state index is 0.00551. The maximum absolute atomic E-state index is 12.9. The Balaban J connectivity index is 2.83. The predicted molar refractivity (Wildman–Crippen MR) is 139 cm³/mol. The summed E-state index contributed by atoms with van der Waals surface area (Å²) in [4.78, 5) is 38.3. The standard InChI is InChI=1S/C23H37N5O9S/c1-22(2,3)36-20(31)26-13-11-24-19(25-12-14-27-21(32)37-23(4,5)6)28-38(33,34)17-9-7-16(8-10-17)35-15-18(29)30/h7-10H,11-15H2,1-6H3,(H,26,31)(H,27,32)(H,29,30)(H2,24,25,28). The van der Waals surface area contributed by atoms with Crippen molar-refractivity contribution in [1.29, 1.82) is 0 Å². The second-order valence-electron chi connectivity index (χ2n) is 9.77. The molecule has 1 aromatic rings. The first kappa shape index (κ1) is 32.3. The van der Waals surface area contributed by atoms with Crippen molar-refractivity contribution in [3.05, 3.63) is 24.3 Å². The average Bonchev–Trinajstić information content (AvgIpc) is 2.75. The first-order valence-corrected chi connectivity index (χ1v) is 13.1. The maximum atomic E-state index is 12.9. The Kier molecular flexibility index (Phi) is 12.1. The molecule has 0 aliphatic rings. The Hall–Kier alpha value is -3.75. The van der Waals surface area contributed by atoms with E-state index in [0.29, 0.717) is 0 Å². The van der Waals surface area contributed by atoms with E-state index in [4.69, 9.17) is 19.3 Å². The lowest BCUT2D eigenvalue weighted by Gasteiger charge is -2.20. The molecule has 0 radical (unpaired) electrons. The van der Waals surface area contributed by atoms with Crippen molar-refractivity contribution in [2.45, 2.75) is 57.6 Å². The van der Waals surface area contributed by atoms with Gasteiger partial charge >= 0.3 is 18.2 Å². The van der Waals surface area contributed by atoms with Gasteiger partial charge in [0.15, 0.2) is 6.61 Å². The van der Waals surface area contributed by atoms with Gasteiger partial charge in [-0.2, -0.15) is 0 Å². The highest BCUT2D eigenvalue weighted by atomic mass is 32.2. The SMILES string of the molecule is CC(C)(C)OC(=O)NCCN=C(NCCNC(=O)OC(C)(C)C)NS(=O)(=O)c1ccc(OCC(=O)O)cc1. The number of guanidine groups is 1. The van der Waals surface area contributed by atoms with E-state index < -0.39 is 46.0 Å². The van der Waals surface area contributed by atoms with Gasteiger partial charge in [-0.05, 0) is 65.8 Å². The maximum Gasteiger partial charge on any atom is 0.407 e. The van der Waals surface area contributed by atoms with E-state index in [-0.39, 0.29) is 42.8 Å². The summed E-state index contributed by atoms with van der Waals surface area (Å²) in [5, 5.41) is 16.5. The van der Waals surface area contributed by atoms with E-state index in [1.807, 2.05) is 0 Å². The molecule has 0 atom stereocenters. The molecule has 1 aromatic carbocycles. The zero-order valence-electron chi connectivity index (χ0n) is 22.4. The smallest absolute Gasteiger partial charge is 0.407 e. The summed E-state index contributed by atoms with van der Waals surface area (Å²) in [6, 6.07) is 5.12. The van der Waals surface area contributed by atoms with Gasteiger partial charge in [-0.25, -0.2) is 27.5 Å². The molecule has 0 aliphatic carbocycles. The number of nitrogens with zero attached hydrogens (tertiary/aromatic N) is 1. The van der Waals surface area contributed by atoms with Gasteiger partial charge in [-0.1, -0.05) is 0 Å². The Morgan fingerprint density at radius 1 is 0.842 bits per heavy atom. The lowest BCUT2D eigenvalue weighted by Crippen LogP contribution is -2.45. The van der Waals surface area contributed by atoms with Crippen molar-refractivity contribution in [1.82, 2.24) is 20.7 Å². The molecule has 214 valence electrons. The number of hydrogen-bond acceptors (Lipinski definition) is 9. The molecule has 0 fully saturated rings. The average molecular weight is 560 g/mol. The number of aliphatic carboxylic acids is 1. The van der Waals surface area contributed by atoms with E-state index in [2.05, 4.69) is 25.7 Å². The van der Waals surface area contributed by atoms with Crippen molar-refractivity contribution in [2.24, 2.45) is 4.99 Å². The Labute approximate surface area is 222 Å². The summed E-state index contributed by atoms with van der Waals surface area (Å²) in [6.45, 7) is 10.0. The largest absolute Gasteiger partial charge is 0.482 e. The summed E-state index contributed by atoms with van der Waals surface area (Å²) < 4.78 is 43.3. The number of ether oxygens (including phenoxy) is 3. The molecule has 2 amide bonds. The number of alkyl carbamates (subject to hydrolysis) is 2. The molecule has 0 saturated carbocycles. The van der Waals surface area contributed by atoms with Crippen molar-refractivity contribution in [3.8, 4) is 5.75 Å². The van der Waals surface area contributed by atoms with Crippen molar-refractivity contribution < 1.29 is 42.1 Å². The van der Waals surface area contributed by atoms with Gasteiger partial charge in [0.1, 0.15) is 17.0 Å². The van der Waals surface area contributed by atoms with Crippen LogP contribution in [0.2, 0.25) is 0 Å². The fraction of sp³-hybridized carbons (Fsp3) is 0.565.